The predicted octanol–water partition coefficient (Wildman–Crippen LogP) is 1.32. The van der Waals surface area contributed by atoms with Crippen molar-refractivity contribution in [1.29, 1.82) is 0 Å². The average molecular weight is 218 g/mol. The maximum absolute atomic E-state index is 9.71. The number of aliphatic hydroxyl groups excluding tert-OH is 1. The lowest BCUT2D eigenvalue weighted by molar-refractivity contribution is 0.0925. The minimum atomic E-state index is -0.533. The molecule has 0 unspecified atom stereocenters. The van der Waals surface area contributed by atoms with E-state index in [2.05, 4.69) is 4.98 Å². The standard InChI is InChI=1S/C12H14N2O2/c15-11(8-14-7-6-13-10-14)9-16-12-4-2-1-3-5-12/h1-7,10-11,15H,8-9H2/t11-/m0/s1. The van der Waals surface area contributed by atoms with Crippen LogP contribution in [0.2, 0.25) is 0 Å². The Hall–Kier alpha value is -1.81. The fourth-order valence-electron chi connectivity index (χ4n) is 1.40. The van der Waals surface area contributed by atoms with Gasteiger partial charge in [-0.1, -0.05) is 18.2 Å². The first-order valence-electron chi connectivity index (χ1n) is 5.16. The van der Waals surface area contributed by atoms with Crippen LogP contribution in [0.5, 0.6) is 5.75 Å². The van der Waals surface area contributed by atoms with Crippen molar-refractivity contribution in [2.75, 3.05) is 6.61 Å². The summed E-state index contributed by atoms with van der Waals surface area (Å²) in [6, 6.07) is 9.46. The quantitative estimate of drug-likeness (QED) is 0.823. The fraction of sp³-hybridized carbons (Fsp3) is 0.250. The second kappa shape index (κ2) is 5.32. The van der Waals surface area contributed by atoms with Crippen LogP contribution in [-0.2, 0) is 6.54 Å². The SMILES string of the molecule is O[C@H](COc1ccccc1)Cn1ccnc1. The largest absolute Gasteiger partial charge is 0.491 e. The number of benzene rings is 1. The van der Waals surface area contributed by atoms with E-state index in [4.69, 9.17) is 4.74 Å². The second-order valence-corrected chi connectivity index (χ2v) is 3.54. The zero-order valence-electron chi connectivity index (χ0n) is 8.86. The molecular formula is C12H14N2O2. The van der Waals surface area contributed by atoms with Gasteiger partial charge in [-0.15, -0.1) is 0 Å². The molecule has 0 spiro atoms. The van der Waals surface area contributed by atoms with E-state index < -0.39 is 6.10 Å². The Bertz CT molecular complexity index is 400. The van der Waals surface area contributed by atoms with Crippen molar-refractivity contribution in [2.45, 2.75) is 12.6 Å². The summed E-state index contributed by atoms with van der Waals surface area (Å²) in [7, 11) is 0. The first kappa shape index (κ1) is 10.7. The van der Waals surface area contributed by atoms with Crippen LogP contribution in [0, 0.1) is 0 Å². The van der Waals surface area contributed by atoms with Gasteiger partial charge in [0.05, 0.1) is 12.9 Å². The second-order valence-electron chi connectivity index (χ2n) is 3.54. The third-order valence-electron chi connectivity index (χ3n) is 2.17. The number of hydrogen-bond donors (Lipinski definition) is 1. The summed E-state index contributed by atoms with van der Waals surface area (Å²) in [5.41, 5.74) is 0. The monoisotopic (exact) mass is 218 g/mol. The minimum Gasteiger partial charge on any atom is -0.491 e. The van der Waals surface area contributed by atoms with E-state index in [0.717, 1.165) is 5.75 Å². The predicted molar refractivity (Wildman–Crippen MR) is 60.2 cm³/mol. The van der Waals surface area contributed by atoms with Crippen LogP contribution in [0.4, 0.5) is 0 Å². The van der Waals surface area contributed by atoms with Gasteiger partial charge in [0.1, 0.15) is 18.5 Å². The molecule has 16 heavy (non-hydrogen) atoms. The molecule has 0 aliphatic heterocycles. The molecule has 1 atom stereocenters. The van der Waals surface area contributed by atoms with Gasteiger partial charge >= 0.3 is 0 Å². The normalized spacial score (nSPS) is 12.3. The van der Waals surface area contributed by atoms with Gasteiger partial charge in [0.2, 0.25) is 0 Å². The summed E-state index contributed by atoms with van der Waals surface area (Å²) in [5, 5.41) is 9.71. The van der Waals surface area contributed by atoms with Crippen LogP contribution in [0.25, 0.3) is 0 Å². The fourth-order valence-corrected chi connectivity index (χ4v) is 1.40. The maximum atomic E-state index is 9.71. The third-order valence-corrected chi connectivity index (χ3v) is 2.17. The lowest BCUT2D eigenvalue weighted by atomic mass is 10.3. The van der Waals surface area contributed by atoms with Crippen LogP contribution in [0.15, 0.2) is 49.1 Å². The summed E-state index contributed by atoms with van der Waals surface area (Å²) < 4.78 is 7.25. The van der Waals surface area contributed by atoms with Gasteiger partial charge in [0.25, 0.3) is 0 Å². The molecule has 0 bridgehead atoms. The van der Waals surface area contributed by atoms with Crippen molar-refractivity contribution in [1.82, 2.24) is 9.55 Å². The number of hydrogen-bond acceptors (Lipinski definition) is 3. The van der Waals surface area contributed by atoms with Crippen molar-refractivity contribution < 1.29 is 9.84 Å². The van der Waals surface area contributed by atoms with Crippen LogP contribution >= 0.6 is 0 Å². The Morgan fingerprint density at radius 3 is 2.81 bits per heavy atom. The Morgan fingerprint density at radius 1 is 1.31 bits per heavy atom. The molecule has 0 aliphatic rings. The smallest absolute Gasteiger partial charge is 0.119 e. The van der Waals surface area contributed by atoms with Crippen molar-refractivity contribution in [3.63, 3.8) is 0 Å². The van der Waals surface area contributed by atoms with Gasteiger partial charge in [-0.3, -0.25) is 0 Å². The number of rotatable bonds is 5. The molecule has 1 aromatic carbocycles. The van der Waals surface area contributed by atoms with E-state index in [1.807, 2.05) is 41.1 Å². The molecule has 0 radical (unpaired) electrons. The summed E-state index contributed by atoms with van der Waals surface area (Å²) in [4.78, 5) is 3.90. The molecule has 2 rings (SSSR count). The number of ether oxygens (including phenoxy) is 1. The Kier molecular flexibility index (Phi) is 3.56. The number of para-hydroxylation sites is 1. The molecule has 2 aromatic rings. The van der Waals surface area contributed by atoms with E-state index in [9.17, 15) is 5.11 Å². The minimum absolute atomic E-state index is 0.280. The molecular weight excluding hydrogens is 204 g/mol. The van der Waals surface area contributed by atoms with Gasteiger partial charge in [-0.25, -0.2) is 4.98 Å². The first-order chi connectivity index (χ1) is 7.84. The highest BCUT2D eigenvalue weighted by atomic mass is 16.5. The van der Waals surface area contributed by atoms with Gasteiger partial charge < -0.3 is 14.4 Å². The van der Waals surface area contributed by atoms with Crippen molar-refractivity contribution in [3.8, 4) is 5.75 Å². The van der Waals surface area contributed by atoms with Gasteiger partial charge in [0.15, 0.2) is 0 Å². The summed E-state index contributed by atoms with van der Waals surface area (Å²) in [6.45, 7) is 0.773. The zero-order valence-corrected chi connectivity index (χ0v) is 8.86. The molecule has 0 aliphatic carbocycles. The Balaban J connectivity index is 1.78. The van der Waals surface area contributed by atoms with E-state index in [1.54, 1.807) is 12.5 Å². The molecule has 4 nitrogen and oxygen atoms in total. The molecule has 1 heterocycles. The number of nitrogens with zero attached hydrogens (tertiary/aromatic N) is 2. The molecule has 0 saturated carbocycles. The third kappa shape index (κ3) is 3.10. The van der Waals surface area contributed by atoms with Gasteiger partial charge in [0, 0.05) is 12.4 Å². The Morgan fingerprint density at radius 2 is 2.12 bits per heavy atom. The molecule has 84 valence electrons. The highest BCUT2D eigenvalue weighted by Crippen LogP contribution is 2.08. The topological polar surface area (TPSA) is 47.3 Å². The lowest BCUT2D eigenvalue weighted by Crippen LogP contribution is -2.22. The number of imidazole rings is 1. The van der Waals surface area contributed by atoms with E-state index in [0.29, 0.717) is 6.54 Å². The molecule has 4 heteroatoms. The van der Waals surface area contributed by atoms with Crippen molar-refractivity contribution >= 4 is 0 Å². The number of aromatic nitrogens is 2. The van der Waals surface area contributed by atoms with E-state index in [-0.39, 0.29) is 6.61 Å². The van der Waals surface area contributed by atoms with Crippen LogP contribution in [0.1, 0.15) is 0 Å². The maximum Gasteiger partial charge on any atom is 0.119 e. The van der Waals surface area contributed by atoms with E-state index in [1.165, 1.54) is 0 Å². The van der Waals surface area contributed by atoms with Crippen molar-refractivity contribution in [3.05, 3.63) is 49.1 Å². The highest BCUT2D eigenvalue weighted by molar-refractivity contribution is 5.20. The van der Waals surface area contributed by atoms with Crippen LogP contribution in [-0.4, -0.2) is 27.4 Å². The molecule has 1 N–H and O–H groups in total. The summed E-state index contributed by atoms with van der Waals surface area (Å²) >= 11 is 0. The Labute approximate surface area is 94.1 Å². The molecule has 0 amide bonds. The number of aliphatic hydroxyl groups is 1. The lowest BCUT2D eigenvalue weighted by Gasteiger charge is -2.12. The summed E-state index contributed by atoms with van der Waals surface area (Å²) in [5.74, 6) is 0.771. The average Bonchev–Trinajstić information content (AvgIpc) is 2.81. The van der Waals surface area contributed by atoms with Gasteiger partial charge in [-0.2, -0.15) is 0 Å². The molecule has 0 fully saturated rings. The van der Waals surface area contributed by atoms with Gasteiger partial charge in [-0.05, 0) is 12.1 Å². The summed E-state index contributed by atoms with van der Waals surface area (Å²) in [6.07, 6.45) is 4.64. The molecule has 0 saturated heterocycles. The zero-order chi connectivity index (χ0) is 11.2. The van der Waals surface area contributed by atoms with Crippen LogP contribution < -0.4 is 4.74 Å². The highest BCUT2D eigenvalue weighted by Gasteiger charge is 2.05. The first-order valence-corrected chi connectivity index (χ1v) is 5.16. The molecule has 1 aromatic heterocycles. The van der Waals surface area contributed by atoms with Crippen LogP contribution in [0.3, 0.4) is 0 Å². The van der Waals surface area contributed by atoms with Crippen molar-refractivity contribution in [2.24, 2.45) is 0 Å². The van der Waals surface area contributed by atoms with E-state index >= 15 is 0 Å².